The van der Waals surface area contributed by atoms with E-state index in [-0.39, 0.29) is 24.7 Å². The second-order valence-corrected chi connectivity index (χ2v) is 7.48. The molecule has 10 nitrogen and oxygen atoms in total. The van der Waals surface area contributed by atoms with E-state index in [1.807, 2.05) is 6.07 Å². The van der Waals surface area contributed by atoms with Crippen LogP contribution in [0.3, 0.4) is 0 Å². The molecule has 172 valence electrons. The monoisotopic (exact) mass is 470 g/mol. The lowest BCUT2D eigenvalue weighted by molar-refractivity contribution is -0.384. The highest BCUT2D eigenvalue weighted by Gasteiger charge is 2.09. The van der Waals surface area contributed by atoms with E-state index in [0.29, 0.717) is 28.9 Å². The van der Waals surface area contributed by atoms with E-state index in [0.717, 1.165) is 11.1 Å². The van der Waals surface area contributed by atoms with Crippen LogP contribution in [0.5, 0.6) is 11.5 Å². The average Bonchev–Trinajstić information content (AvgIpc) is 3.25. The second-order valence-electron chi connectivity index (χ2n) is 6.62. The minimum absolute atomic E-state index is 0.0292. The number of nitro benzene ring substituents is 1. The summed E-state index contributed by atoms with van der Waals surface area (Å²) in [4.78, 5) is 26.1. The highest BCUT2D eigenvalue weighted by Crippen LogP contribution is 2.28. The maximum Gasteiger partial charge on any atom is 0.311 e. The number of anilines is 1. The molecule has 3 aromatic rings. The summed E-state index contributed by atoms with van der Waals surface area (Å²) in [6, 6.07) is 11.5. The van der Waals surface area contributed by atoms with Gasteiger partial charge in [-0.05, 0) is 48.4 Å². The topological polar surface area (TPSA) is 125 Å². The number of carbonyl (C=O) groups excluding carboxylic acids is 1. The fourth-order valence-electron chi connectivity index (χ4n) is 2.72. The van der Waals surface area contributed by atoms with Gasteiger partial charge in [0.15, 0.2) is 11.5 Å². The summed E-state index contributed by atoms with van der Waals surface area (Å²) in [6.07, 6.45) is 1.73. The van der Waals surface area contributed by atoms with Crippen LogP contribution in [0.15, 0.2) is 52.9 Å². The quantitative estimate of drug-likeness (QED) is 0.191. The summed E-state index contributed by atoms with van der Waals surface area (Å²) in [6.45, 7) is 2.33. The molecule has 1 heterocycles. The van der Waals surface area contributed by atoms with Gasteiger partial charge in [0.2, 0.25) is 5.13 Å². The molecule has 0 aliphatic heterocycles. The summed E-state index contributed by atoms with van der Waals surface area (Å²) in [5.74, 6) is 0.733. The van der Waals surface area contributed by atoms with Crippen LogP contribution in [0, 0.1) is 10.1 Å². The Morgan fingerprint density at radius 3 is 2.73 bits per heavy atom. The molecule has 1 N–H and O–H groups in total. The highest BCUT2D eigenvalue weighted by molar-refractivity contribution is 7.13. The Labute approximate surface area is 194 Å². The SMILES string of the molecule is CCOC(=O)Cc1csc(NN=Cc2ccc(OCc3ccc([N+](=O)[O-])cc3)c(OC)c2)n1. The third kappa shape index (κ3) is 7.01. The molecule has 0 aliphatic carbocycles. The zero-order chi connectivity index (χ0) is 23.6. The number of methoxy groups -OCH3 is 1. The molecule has 0 amide bonds. The number of nitrogens with one attached hydrogen (secondary N) is 1. The summed E-state index contributed by atoms with van der Waals surface area (Å²) in [5, 5.41) is 17.2. The third-order valence-electron chi connectivity index (χ3n) is 4.29. The first-order chi connectivity index (χ1) is 16.0. The van der Waals surface area contributed by atoms with E-state index in [9.17, 15) is 14.9 Å². The molecule has 2 aromatic carbocycles. The number of nitro groups is 1. The number of hydrazone groups is 1. The fraction of sp³-hybridized carbons (Fsp3) is 0.227. The van der Waals surface area contributed by atoms with Crippen molar-refractivity contribution in [2.24, 2.45) is 5.10 Å². The van der Waals surface area contributed by atoms with Crippen LogP contribution in [0.25, 0.3) is 0 Å². The van der Waals surface area contributed by atoms with E-state index >= 15 is 0 Å². The van der Waals surface area contributed by atoms with Gasteiger partial charge in [-0.15, -0.1) is 11.3 Å². The predicted octanol–water partition coefficient (Wildman–Crippen LogP) is 4.19. The van der Waals surface area contributed by atoms with Gasteiger partial charge in [-0.1, -0.05) is 0 Å². The van der Waals surface area contributed by atoms with Gasteiger partial charge < -0.3 is 14.2 Å². The number of rotatable bonds is 11. The first-order valence-corrected chi connectivity index (χ1v) is 10.8. The number of hydrogen-bond donors (Lipinski definition) is 1. The van der Waals surface area contributed by atoms with Crippen LogP contribution >= 0.6 is 11.3 Å². The Balaban J connectivity index is 1.56. The Morgan fingerprint density at radius 2 is 2.03 bits per heavy atom. The lowest BCUT2D eigenvalue weighted by Crippen LogP contribution is -2.07. The molecule has 11 heteroatoms. The van der Waals surface area contributed by atoms with Crippen molar-refractivity contribution in [1.82, 2.24) is 4.98 Å². The number of aromatic nitrogens is 1. The van der Waals surface area contributed by atoms with Crippen molar-refractivity contribution in [1.29, 1.82) is 0 Å². The maximum absolute atomic E-state index is 11.5. The van der Waals surface area contributed by atoms with Crippen molar-refractivity contribution in [3.8, 4) is 11.5 Å². The van der Waals surface area contributed by atoms with E-state index in [2.05, 4.69) is 15.5 Å². The fourth-order valence-corrected chi connectivity index (χ4v) is 3.38. The van der Waals surface area contributed by atoms with E-state index in [1.165, 1.54) is 30.6 Å². The van der Waals surface area contributed by atoms with Crippen molar-refractivity contribution < 1.29 is 23.9 Å². The maximum atomic E-state index is 11.5. The average molecular weight is 471 g/mol. The van der Waals surface area contributed by atoms with Gasteiger partial charge in [-0.3, -0.25) is 20.3 Å². The van der Waals surface area contributed by atoms with Crippen molar-refractivity contribution in [2.45, 2.75) is 20.0 Å². The van der Waals surface area contributed by atoms with Crippen LogP contribution in [0.1, 0.15) is 23.7 Å². The molecule has 0 aliphatic rings. The first-order valence-electron chi connectivity index (χ1n) is 9.91. The van der Waals surface area contributed by atoms with Crippen LogP contribution in [0.2, 0.25) is 0 Å². The van der Waals surface area contributed by atoms with Crippen LogP contribution in [-0.4, -0.2) is 35.8 Å². The molecule has 0 spiro atoms. The van der Waals surface area contributed by atoms with Crippen molar-refractivity contribution >= 4 is 34.3 Å². The standard InChI is InChI=1S/C22H22N4O6S/c1-3-31-21(27)11-17-14-33-22(24-17)25-23-12-16-6-9-19(20(10-16)30-2)32-13-15-4-7-18(8-5-15)26(28)29/h4-10,12,14H,3,11,13H2,1-2H3,(H,24,25). The number of ether oxygens (including phenoxy) is 3. The van der Waals surface area contributed by atoms with Crippen molar-refractivity contribution in [3.63, 3.8) is 0 Å². The van der Waals surface area contributed by atoms with Gasteiger partial charge in [0.1, 0.15) is 6.61 Å². The Hall–Kier alpha value is -3.99. The lowest BCUT2D eigenvalue weighted by Gasteiger charge is -2.11. The molecular weight excluding hydrogens is 448 g/mol. The summed E-state index contributed by atoms with van der Waals surface area (Å²) in [7, 11) is 1.54. The Kier molecular flexibility index (Phi) is 8.30. The second kappa shape index (κ2) is 11.6. The highest BCUT2D eigenvalue weighted by atomic mass is 32.1. The van der Waals surface area contributed by atoms with Gasteiger partial charge in [0, 0.05) is 17.5 Å². The van der Waals surface area contributed by atoms with Crippen molar-refractivity contribution in [2.75, 3.05) is 19.1 Å². The number of esters is 1. The van der Waals surface area contributed by atoms with E-state index in [1.54, 1.807) is 42.8 Å². The molecule has 0 radical (unpaired) electrons. The molecule has 3 rings (SSSR count). The zero-order valence-corrected chi connectivity index (χ0v) is 18.8. The van der Waals surface area contributed by atoms with Gasteiger partial charge in [0.25, 0.3) is 5.69 Å². The van der Waals surface area contributed by atoms with Gasteiger partial charge in [-0.25, -0.2) is 4.98 Å². The molecule has 0 saturated carbocycles. The number of non-ortho nitro benzene ring substituents is 1. The summed E-state index contributed by atoms with van der Waals surface area (Å²) in [5.41, 5.74) is 5.05. The normalized spacial score (nSPS) is 10.7. The molecule has 0 atom stereocenters. The Morgan fingerprint density at radius 1 is 1.24 bits per heavy atom. The number of thiazole rings is 1. The number of hydrogen-bond acceptors (Lipinski definition) is 10. The third-order valence-corrected chi connectivity index (χ3v) is 5.08. The van der Waals surface area contributed by atoms with Crippen molar-refractivity contribution in [3.05, 3.63) is 74.8 Å². The first kappa shape index (κ1) is 23.7. The van der Waals surface area contributed by atoms with Gasteiger partial charge in [-0.2, -0.15) is 5.10 Å². The van der Waals surface area contributed by atoms with Crippen LogP contribution < -0.4 is 14.9 Å². The summed E-state index contributed by atoms with van der Waals surface area (Å²) >= 11 is 1.34. The largest absolute Gasteiger partial charge is 0.493 e. The minimum atomic E-state index is -0.445. The Bertz CT molecular complexity index is 1130. The zero-order valence-electron chi connectivity index (χ0n) is 18.0. The van der Waals surface area contributed by atoms with E-state index in [4.69, 9.17) is 14.2 Å². The molecule has 0 bridgehead atoms. The molecular formula is C22H22N4O6S. The van der Waals surface area contributed by atoms with E-state index < -0.39 is 4.92 Å². The molecule has 0 fully saturated rings. The van der Waals surface area contributed by atoms with Gasteiger partial charge in [0.05, 0.1) is 37.0 Å². The minimum Gasteiger partial charge on any atom is -0.493 e. The molecule has 0 unspecified atom stereocenters. The summed E-state index contributed by atoms with van der Waals surface area (Å²) < 4.78 is 16.1. The smallest absolute Gasteiger partial charge is 0.311 e. The number of nitrogens with zero attached hydrogens (tertiary/aromatic N) is 3. The van der Waals surface area contributed by atoms with Crippen LogP contribution in [-0.2, 0) is 22.6 Å². The van der Waals surface area contributed by atoms with Crippen LogP contribution in [0.4, 0.5) is 10.8 Å². The van der Waals surface area contributed by atoms with Gasteiger partial charge >= 0.3 is 5.97 Å². The molecule has 0 saturated heterocycles. The number of carbonyl (C=O) groups is 1. The number of benzene rings is 2. The lowest BCUT2D eigenvalue weighted by atomic mass is 10.2. The molecule has 33 heavy (non-hydrogen) atoms. The predicted molar refractivity (Wildman–Crippen MR) is 124 cm³/mol. The molecule has 1 aromatic heterocycles.